The molecule has 19 heteroatoms. The van der Waals surface area contributed by atoms with Gasteiger partial charge in [-0.2, -0.15) is 0 Å². The van der Waals surface area contributed by atoms with E-state index in [1.807, 2.05) is 0 Å². The molecule has 0 saturated carbocycles. The molecule has 14 nitrogen and oxygen atoms in total. The molecule has 0 aliphatic carbocycles. The first kappa shape index (κ1) is 71.0. The number of carbonyl (C=O) groups excluding carboxylic acids is 5. The van der Waals surface area contributed by atoms with Crippen molar-refractivity contribution in [3.63, 3.8) is 0 Å². The molecule has 0 rings (SSSR count). The van der Waals surface area contributed by atoms with Crippen LogP contribution >= 0.6 is 0 Å². The van der Waals surface area contributed by atoms with Gasteiger partial charge in [0.05, 0.1) is 0 Å². The van der Waals surface area contributed by atoms with Gasteiger partial charge in [0.2, 0.25) is 0 Å². The summed E-state index contributed by atoms with van der Waals surface area (Å²) >= 11 is 0. The molecule has 0 atom stereocenters. The number of hydrogen-bond donors (Lipinski definition) is 4. The number of nitrogens with one attached hydrogen (secondary N) is 2. The molecule has 0 aromatic rings. The Morgan fingerprint density at radius 1 is 0.457 bits per heavy atom. The van der Waals surface area contributed by atoms with Gasteiger partial charge in [0.15, 0.2) is 0 Å². The molecule has 0 unspecified atom stereocenters. The number of carboxylic acid groups (broad SMARTS) is 5. The van der Waals surface area contributed by atoms with Gasteiger partial charge in [0.25, 0.3) is 0 Å². The van der Waals surface area contributed by atoms with Gasteiger partial charge in [0, 0.05) is 69.1 Å². The zero-order chi connectivity index (χ0) is 25.5. The third kappa shape index (κ3) is 501. The minimum Gasteiger partial charge on any atom is -0.550 e. The van der Waals surface area contributed by atoms with Crippen molar-refractivity contribution >= 4 is 29.8 Å². The van der Waals surface area contributed by atoms with E-state index >= 15 is 0 Å². The minimum absolute atomic E-state index is 0. The summed E-state index contributed by atoms with van der Waals surface area (Å²) in [6.45, 7) is 10.00. The first-order chi connectivity index (χ1) is 13.6. The molecule has 0 radical (unpaired) electrons. The largest absolute Gasteiger partial charge is 1.00 e. The second-order valence-corrected chi connectivity index (χ2v) is 4.54. The van der Waals surface area contributed by atoms with Gasteiger partial charge in [-0.05, 0) is 34.6 Å². The number of aliphatic carboxylic acids is 5. The van der Waals surface area contributed by atoms with Crippen LogP contribution in [0, 0.1) is 0 Å². The maximum absolute atomic E-state index is 8.89. The van der Waals surface area contributed by atoms with Crippen molar-refractivity contribution in [2.45, 2.75) is 34.6 Å². The van der Waals surface area contributed by atoms with Crippen LogP contribution in [-0.2, 0) is 24.0 Å². The van der Waals surface area contributed by atoms with Crippen molar-refractivity contribution in [3.8, 4) is 0 Å². The van der Waals surface area contributed by atoms with Crippen LogP contribution in [0.4, 0.5) is 0 Å². The van der Waals surface area contributed by atoms with E-state index in [0.717, 1.165) is 60.8 Å². The third-order valence-electron chi connectivity index (χ3n) is 1.12. The Hall–Kier alpha value is 2.19. The summed E-state index contributed by atoms with van der Waals surface area (Å²) in [5.41, 5.74) is 10.5. The summed E-state index contributed by atoms with van der Waals surface area (Å²) in [6.07, 6.45) is 0. The Morgan fingerprint density at radius 2 is 0.571 bits per heavy atom. The fourth-order valence-corrected chi connectivity index (χ4v) is 0.631. The monoisotopic (exact) mass is 556 g/mol. The first-order valence-electron chi connectivity index (χ1n) is 8.27. The third-order valence-corrected chi connectivity index (χ3v) is 1.12. The fourth-order valence-electron chi connectivity index (χ4n) is 0.631. The van der Waals surface area contributed by atoms with Crippen LogP contribution in [0.15, 0.2) is 0 Å². The van der Waals surface area contributed by atoms with E-state index in [4.69, 9.17) is 61.0 Å². The van der Waals surface area contributed by atoms with Gasteiger partial charge in [0.1, 0.15) is 0 Å². The summed E-state index contributed by atoms with van der Waals surface area (Å²) < 4.78 is 0. The Labute approximate surface area is 318 Å². The number of hydrogen-bond acceptors (Lipinski definition) is 14. The Bertz CT molecular complexity index is 344. The van der Waals surface area contributed by atoms with Crippen molar-refractivity contribution < 1.29 is 197 Å². The van der Waals surface area contributed by atoms with Crippen molar-refractivity contribution in [2.24, 2.45) is 11.5 Å². The molecular weight excluding hydrogens is 523 g/mol. The van der Waals surface area contributed by atoms with E-state index in [1.165, 1.54) is 0 Å². The van der Waals surface area contributed by atoms with Crippen LogP contribution in [0.1, 0.15) is 34.6 Å². The maximum atomic E-state index is 8.89. The second-order valence-electron chi connectivity index (χ2n) is 4.54. The van der Waals surface area contributed by atoms with Crippen LogP contribution in [0.25, 0.3) is 0 Å². The Kier molecular flexibility index (Phi) is 143. The summed E-state index contributed by atoms with van der Waals surface area (Å²) in [5.74, 6) is -5.42. The first-order valence-corrected chi connectivity index (χ1v) is 8.27. The summed E-state index contributed by atoms with van der Waals surface area (Å²) in [6, 6.07) is 0. The predicted octanol–water partition coefficient (Wildman–Crippen LogP) is -23.1. The minimum atomic E-state index is -1.08. The second kappa shape index (κ2) is 70.6. The van der Waals surface area contributed by atoms with Gasteiger partial charge < -0.3 is 71.6 Å². The van der Waals surface area contributed by atoms with E-state index in [0.29, 0.717) is 13.1 Å². The molecule has 0 aromatic carbocycles. The van der Waals surface area contributed by atoms with Crippen LogP contribution in [0.5, 0.6) is 0 Å². The molecule has 0 spiro atoms. The molecule has 0 heterocycles. The maximum Gasteiger partial charge on any atom is 1.00 e. The zero-order valence-electron chi connectivity index (χ0n) is 23.0. The SMILES string of the molecule is CC(=O)[O-].CC(=O)[O-].CC(=O)[O-].CC(=O)[O-].CC(=O)[O-].NCCNCCNCCN.[Na+].[Na+].[Na+].[Na+].[Na+]. The van der Waals surface area contributed by atoms with Crippen LogP contribution in [-0.4, -0.2) is 69.1 Å². The van der Waals surface area contributed by atoms with Crippen molar-refractivity contribution in [3.05, 3.63) is 0 Å². The molecular formula is C16H33N4Na5O10. The summed E-state index contributed by atoms with van der Waals surface area (Å²) in [4.78, 5) is 44.4. The molecule has 0 aliphatic rings. The van der Waals surface area contributed by atoms with Gasteiger partial charge in [-0.15, -0.1) is 0 Å². The molecule has 0 aromatic heterocycles. The van der Waals surface area contributed by atoms with Crippen molar-refractivity contribution in [2.75, 3.05) is 39.3 Å². The smallest absolute Gasteiger partial charge is 0.550 e. The van der Waals surface area contributed by atoms with E-state index < -0.39 is 29.8 Å². The van der Waals surface area contributed by atoms with E-state index in [2.05, 4.69) is 10.6 Å². The van der Waals surface area contributed by atoms with Crippen LogP contribution in [0.3, 0.4) is 0 Å². The Balaban J connectivity index is -0.0000000225. The van der Waals surface area contributed by atoms with Crippen LogP contribution in [0.2, 0.25) is 0 Å². The van der Waals surface area contributed by atoms with Gasteiger partial charge >= 0.3 is 148 Å². The average molecular weight is 556 g/mol. The van der Waals surface area contributed by atoms with E-state index in [1.54, 1.807) is 0 Å². The number of nitrogens with two attached hydrogens (primary N) is 2. The molecule has 0 aliphatic heterocycles. The van der Waals surface area contributed by atoms with Gasteiger partial charge in [-0.3, -0.25) is 0 Å². The molecule has 35 heavy (non-hydrogen) atoms. The molecule has 182 valence electrons. The number of carbonyl (C=O) groups is 5. The zero-order valence-corrected chi connectivity index (χ0v) is 33.0. The molecule has 0 fully saturated rings. The van der Waals surface area contributed by atoms with E-state index in [9.17, 15) is 0 Å². The molecule has 0 saturated heterocycles. The normalized spacial score (nSPS) is 6.49. The van der Waals surface area contributed by atoms with Gasteiger partial charge in [-0.1, -0.05) is 0 Å². The average Bonchev–Trinajstić information content (AvgIpc) is 2.48. The predicted molar refractivity (Wildman–Crippen MR) is 97.3 cm³/mol. The van der Waals surface area contributed by atoms with E-state index in [-0.39, 0.29) is 148 Å². The molecule has 0 amide bonds. The summed E-state index contributed by atoms with van der Waals surface area (Å²) in [7, 11) is 0. The fraction of sp³-hybridized carbons (Fsp3) is 0.688. The molecule has 6 N–H and O–H groups in total. The van der Waals surface area contributed by atoms with Crippen molar-refractivity contribution in [1.29, 1.82) is 0 Å². The summed E-state index contributed by atoms with van der Waals surface area (Å²) in [5, 5.41) is 50.8. The molecule has 0 bridgehead atoms. The topological polar surface area (TPSA) is 277 Å². The Morgan fingerprint density at radius 3 is 0.657 bits per heavy atom. The van der Waals surface area contributed by atoms with Crippen molar-refractivity contribution in [1.82, 2.24) is 10.6 Å². The number of carboxylic acids is 5. The van der Waals surface area contributed by atoms with Crippen LogP contribution < -0.4 is 195 Å². The quantitative estimate of drug-likeness (QED) is 0.167. The standard InChI is InChI=1S/C6H18N4.5C2H4O2.5Na/c7-1-3-9-5-6-10-4-2-8;5*1-2(3)4;;;;;/h9-10H,1-8H2;5*1H3,(H,3,4);;;;;/q;;;;;;5*+1/p-5. The number of rotatable bonds is 7. The van der Waals surface area contributed by atoms with Gasteiger partial charge in [-0.25, -0.2) is 0 Å².